The maximum atomic E-state index is 9.21. The zero-order valence-corrected chi connectivity index (χ0v) is 13.4. The van der Waals surface area contributed by atoms with E-state index in [1.165, 1.54) is 0 Å². The number of nitrogens with zero attached hydrogens (tertiary/aromatic N) is 2. The highest BCUT2D eigenvalue weighted by Gasteiger charge is 2.42. The lowest BCUT2D eigenvalue weighted by molar-refractivity contribution is 0.0764. The standard InChI is InChI=1S/C13H19N2O2PS/c1-5-13(2,17-4)18(19)15(3)14-10-11-6-8-12(16)9-7-11/h6-10H,5H2,1-4H3/p+1. The van der Waals surface area contributed by atoms with Gasteiger partial charge in [0.2, 0.25) is 0 Å². The molecular formula is C13H20N2O2PS+. The zero-order chi connectivity index (χ0) is 14.5. The van der Waals surface area contributed by atoms with Crippen LogP contribution in [0.3, 0.4) is 0 Å². The van der Waals surface area contributed by atoms with E-state index in [0.29, 0.717) is 0 Å². The van der Waals surface area contributed by atoms with Gasteiger partial charge in [0.15, 0.2) is 11.8 Å². The third-order valence-corrected chi connectivity index (χ3v) is 6.84. The Morgan fingerprint density at radius 1 is 1.47 bits per heavy atom. The fourth-order valence-electron chi connectivity index (χ4n) is 1.42. The first kappa shape index (κ1) is 16.0. The van der Waals surface area contributed by atoms with Crippen molar-refractivity contribution in [1.29, 1.82) is 0 Å². The molecule has 0 amide bonds. The summed E-state index contributed by atoms with van der Waals surface area (Å²) in [4.78, 5) is 0. The normalized spacial score (nSPS) is 15.3. The van der Waals surface area contributed by atoms with Gasteiger partial charge in [0.05, 0.1) is 13.3 Å². The largest absolute Gasteiger partial charge is 0.508 e. The van der Waals surface area contributed by atoms with E-state index in [4.69, 9.17) is 16.5 Å². The van der Waals surface area contributed by atoms with Gasteiger partial charge in [-0.2, -0.15) is 0 Å². The highest BCUT2D eigenvalue weighted by atomic mass is 32.4. The van der Waals surface area contributed by atoms with Crippen molar-refractivity contribution in [1.82, 2.24) is 4.78 Å². The summed E-state index contributed by atoms with van der Waals surface area (Å²) in [6.07, 6.45) is 2.57. The van der Waals surface area contributed by atoms with Gasteiger partial charge in [0.25, 0.3) is 5.34 Å². The smallest absolute Gasteiger partial charge is 0.345 e. The Labute approximate surface area is 120 Å². The summed E-state index contributed by atoms with van der Waals surface area (Å²) in [5.74, 6) is 0.244. The number of phenolic OH excluding ortho intramolecular Hbond substituents is 1. The molecule has 1 aromatic carbocycles. The summed E-state index contributed by atoms with van der Waals surface area (Å²) >= 11 is 5.54. The van der Waals surface area contributed by atoms with Crippen LogP contribution in [-0.2, 0) is 16.5 Å². The van der Waals surface area contributed by atoms with Crippen LogP contribution in [0.5, 0.6) is 5.75 Å². The fourth-order valence-corrected chi connectivity index (χ4v) is 3.34. The van der Waals surface area contributed by atoms with Gasteiger partial charge in [0, 0.05) is 20.5 Å². The van der Waals surface area contributed by atoms with Crippen molar-refractivity contribution in [2.24, 2.45) is 5.10 Å². The predicted octanol–water partition coefficient (Wildman–Crippen LogP) is 3.29. The first-order valence-corrected chi connectivity index (χ1v) is 8.33. The molecule has 0 radical (unpaired) electrons. The number of ether oxygens (including phenoxy) is 1. The summed E-state index contributed by atoms with van der Waals surface area (Å²) in [7, 11) is 3.55. The van der Waals surface area contributed by atoms with Gasteiger partial charge in [-0.25, -0.2) is 0 Å². The number of phenols is 1. The SMILES string of the molecule is CCC(C)(OC)[P+](=S)N(C)N=Cc1ccc(O)cc1. The van der Waals surface area contributed by atoms with Crippen molar-refractivity contribution in [2.75, 3.05) is 14.2 Å². The molecular weight excluding hydrogens is 279 g/mol. The Morgan fingerprint density at radius 2 is 2.05 bits per heavy atom. The van der Waals surface area contributed by atoms with E-state index in [0.717, 1.165) is 12.0 Å². The van der Waals surface area contributed by atoms with E-state index in [2.05, 4.69) is 12.0 Å². The second-order valence-electron chi connectivity index (χ2n) is 4.33. The van der Waals surface area contributed by atoms with Crippen LogP contribution in [0.1, 0.15) is 25.8 Å². The van der Waals surface area contributed by atoms with Crippen LogP contribution in [0, 0.1) is 0 Å². The van der Waals surface area contributed by atoms with Gasteiger partial charge in [-0.15, -0.1) is 9.88 Å². The van der Waals surface area contributed by atoms with Crippen molar-refractivity contribution in [3.05, 3.63) is 29.8 Å². The third kappa shape index (κ3) is 4.23. The van der Waals surface area contributed by atoms with Crippen molar-refractivity contribution in [3.8, 4) is 5.75 Å². The Hall–Kier alpha value is -1.03. The molecule has 6 heteroatoms. The average molecular weight is 299 g/mol. The van der Waals surface area contributed by atoms with Gasteiger partial charge >= 0.3 is 6.85 Å². The molecule has 0 saturated carbocycles. The number of hydrogen-bond donors (Lipinski definition) is 1. The number of aromatic hydroxyl groups is 1. The predicted molar refractivity (Wildman–Crippen MR) is 83.5 cm³/mol. The molecule has 0 aliphatic carbocycles. The van der Waals surface area contributed by atoms with Gasteiger partial charge in [0.1, 0.15) is 5.75 Å². The van der Waals surface area contributed by atoms with Gasteiger partial charge < -0.3 is 9.84 Å². The molecule has 104 valence electrons. The topological polar surface area (TPSA) is 45.1 Å². The van der Waals surface area contributed by atoms with E-state index in [-0.39, 0.29) is 11.1 Å². The molecule has 19 heavy (non-hydrogen) atoms. The van der Waals surface area contributed by atoms with Crippen molar-refractivity contribution in [3.63, 3.8) is 0 Å². The lowest BCUT2D eigenvalue weighted by Crippen LogP contribution is -2.25. The summed E-state index contributed by atoms with van der Waals surface area (Å²) in [5.41, 5.74) is 0.915. The maximum absolute atomic E-state index is 9.21. The molecule has 0 spiro atoms. The molecule has 4 nitrogen and oxygen atoms in total. The van der Waals surface area contributed by atoms with Gasteiger partial charge in [-0.05, 0) is 29.8 Å². The molecule has 0 aliphatic heterocycles. The molecule has 2 unspecified atom stereocenters. The van der Waals surface area contributed by atoms with E-state index < -0.39 is 6.85 Å². The Morgan fingerprint density at radius 3 is 2.53 bits per heavy atom. The van der Waals surface area contributed by atoms with Crippen molar-refractivity contribution < 1.29 is 9.84 Å². The number of benzene rings is 1. The minimum atomic E-state index is -0.943. The van der Waals surface area contributed by atoms with Crippen LogP contribution in [0.4, 0.5) is 0 Å². The quantitative estimate of drug-likeness (QED) is 0.497. The number of methoxy groups -OCH3 is 1. The summed E-state index contributed by atoms with van der Waals surface area (Å²) in [5, 5.41) is 13.2. The highest BCUT2D eigenvalue weighted by Crippen LogP contribution is 2.44. The van der Waals surface area contributed by atoms with E-state index in [9.17, 15) is 5.11 Å². The molecule has 1 aromatic rings. The average Bonchev–Trinajstić information content (AvgIpc) is 2.44. The van der Waals surface area contributed by atoms with Gasteiger partial charge in [-0.3, -0.25) is 0 Å². The van der Waals surface area contributed by atoms with Crippen LogP contribution in [0.15, 0.2) is 29.4 Å². The molecule has 0 fully saturated rings. The van der Waals surface area contributed by atoms with Gasteiger partial charge in [-0.1, -0.05) is 6.92 Å². The highest BCUT2D eigenvalue weighted by molar-refractivity contribution is 8.04. The monoisotopic (exact) mass is 299 g/mol. The molecule has 2 atom stereocenters. The second kappa shape index (κ2) is 6.94. The fraction of sp³-hybridized carbons (Fsp3) is 0.462. The molecule has 1 N–H and O–H groups in total. The molecule has 0 bridgehead atoms. The lowest BCUT2D eigenvalue weighted by atomic mass is 10.2. The van der Waals surface area contributed by atoms with Crippen LogP contribution in [-0.4, -0.2) is 35.6 Å². The van der Waals surface area contributed by atoms with Crippen LogP contribution in [0.2, 0.25) is 0 Å². The minimum Gasteiger partial charge on any atom is -0.508 e. The van der Waals surface area contributed by atoms with Crippen LogP contribution in [0.25, 0.3) is 0 Å². The summed E-state index contributed by atoms with van der Waals surface area (Å²) in [6, 6.07) is 6.85. The number of hydrogen-bond acceptors (Lipinski definition) is 4. The zero-order valence-electron chi connectivity index (χ0n) is 11.7. The molecule has 0 heterocycles. The van der Waals surface area contributed by atoms with E-state index >= 15 is 0 Å². The van der Waals surface area contributed by atoms with Crippen molar-refractivity contribution >= 4 is 24.9 Å². The molecule has 0 saturated heterocycles. The number of hydrazone groups is 1. The van der Waals surface area contributed by atoms with Crippen LogP contribution < -0.4 is 0 Å². The first-order valence-electron chi connectivity index (χ1n) is 6.02. The summed E-state index contributed by atoms with van der Waals surface area (Å²) in [6.45, 7) is 3.13. The minimum absolute atomic E-state index is 0.244. The Kier molecular flexibility index (Phi) is 5.85. The third-order valence-electron chi connectivity index (χ3n) is 3.03. The summed E-state index contributed by atoms with van der Waals surface area (Å²) < 4.78 is 7.30. The molecule has 1 rings (SSSR count). The Balaban J connectivity index is 2.76. The second-order valence-corrected chi connectivity index (χ2v) is 7.44. The Bertz CT molecular complexity index is 458. The van der Waals surface area contributed by atoms with Crippen molar-refractivity contribution in [2.45, 2.75) is 25.6 Å². The molecule has 0 aromatic heterocycles. The van der Waals surface area contributed by atoms with E-state index in [1.807, 2.05) is 14.0 Å². The maximum Gasteiger partial charge on any atom is 0.345 e. The van der Waals surface area contributed by atoms with E-state index in [1.54, 1.807) is 42.4 Å². The van der Waals surface area contributed by atoms with Crippen LogP contribution >= 0.6 is 6.85 Å². The first-order chi connectivity index (χ1) is 8.92. The molecule has 0 aliphatic rings. The lowest BCUT2D eigenvalue weighted by Gasteiger charge is -2.19. The number of rotatable bonds is 6.